The fraction of sp³-hybridized carbons (Fsp3) is 0.545. The molecule has 0 bridgehead atoms. The Balaban J connectivity index is 2.56. The van der Waals surface area contributed by atoms with Crippen molar-refractivity contribution in [2.24, 2.45) is 5.92 Å². The molecule has 1 heterocycles. The van der Waals surface area contributed by atoms with Gasteiger partial charge in [0.25, 0.3) is 0 Å². The Morgan fingerprint density at radius 3 is 2.73 bits per heavy atom. The normalized spacial score (nSPS) is 10.9. The molecule has 1 aromatic rings. The Labute approximate surface area is 89.3 Å². The van der Waals surface area contributed by atoms with E-state index in [1.807, 2.05) is 0 Å². The summed E-state index contributed by atoms with van der Waals surface area (Å²) in [6.07, 6.45) is 0. The fourth-order valence-electron chi connectivity index (χ4n) is 1.33. The first-order valence-corrected chi connectivity index (χ1v) is 5.04. The van der Waals surface area contributed by atoms with Crippen LogP contribution in [0.3, 0.4) is 0 Å². The molecule has 4 heteroatoms. The molecule has 15 heavy (non-hydrogen) atoms. The van der Waals surface area contributed by atoms with E-state index >= 15 is 0 Å². The van der Waals surface area contributed by atoms with E-state index in [0.29, 0.717) is 24.0 Å². The number of carboxylic acid groups (broad SMARTS) is 1. The monoisotopic (exact) mass is 211 g/mol. The first-order valence-electron chi connectivity index (χ1n) is 5.04. The number of rotatable bonds is 5. The van der Waals surface area contributed by atoms with Gasteiger partial charge < -0.3 is 14.8 Å². The van der Waals surface area contributed by atoms with Gasteiger partial charge in [0, 0.05) is 0 Å². The molecule has 1 rings (SSSR count). The molecule has 0 atom stereocenters. The molecule has 1 aromatic heterocycles. The molecule has 0 saturated carbocycles. The van der Waals surface area contributed by atoms with Crippen LogP contribution in [0.15, 0.2) is 10.5 Å². The van der Waals surface area contributed by atoms with Gasteiger partial charge in [-0.2, -0.15) is 0 Å². The van der Waals surface area contributed by atoms with Gasteiger partial charge in [-0.25, -0.2) is 4.79 Å². The third kappa shape index (κ3) is 3.40. The zero-order chi connectivity index (χ0) is 11.4. The summed E-state index contributed by atoms with van der Waals surface area (Å²) >= 11 is 0. The second kappa shape index (κ2) is 4.98. The number of hydrogen-bond acceptors (Lipinski definition) is 3. The van der Waals surface area contributed by atoms with Crippen molar-refractivity contribution < 1.29 is 14.3 Å². The molecule has 0 aliphatic rings. The molecule has 84 valence electrons. The summed E-state index contributed by atoms with van der Waals surface area (Å²) in [5.74, 6) is 0.765. The van der Waals surface area contributed by atoms with Crippen LogP contribution in [0.2, 0.25) is 0 Å². The van der Waals surface area contributed by atoms with Gasteiger partial charge in [0.2, 0.25) is 0 Å². The van der Waals surface area contributed by atoms with Gasteiger partial charge in [-0.1, -0.05) is 13.8 Å². The Morgan fingerprint density at radius 2 is 2.27 bits per heavy atom. The maximum absolute atomic E-state index is 10.7. The van der Waals surface area contributed by atoms with Crippen molar-refractivity contribution in [2.75, 3.05) is 6.54 Å². The van der Waals surface area contributed by atoms with Crippen molar-refractivity contribution in [3.63, 3.8) is 0 Å². The lowest BCUT2D eigenvalue weighted by Crippen LogP contribution is -2.18. The van der Waals surface area contributed by atoms with E-state index in [9.17, 15) is 4.79 Å². The molecule has 2 N–H and O–H groups in total. The molecule has 0 aliphatic carbocycles. The molecule has 0 amide bonds. The minimum atomic E-state index is -0.939. The van der Waals surface area contributed by atoms with Gasteiger partial charge in [0.05, 0.1) is 6.54 Å². The Hall–Kier alpha value is -1.29. The predicted molar refractivity (Wildman–Crippen MR) is 56.9 cm³/mol. The third-order valence-corrected chi connectivity index (χ3v) is 2.05. The highest BCUT2D eigenvalue weighted by atomic mass is 16.4. The van der Waals surface area contributed by atoms with Gasteiger partial charge >= 0.3 is 5.97 Å². The van der Waals surface area contributed by atoms with Crippen LogP contribution in [0.1, 0.15) is 35.7 Å². The van der Waals surface area contributed by atoms with Crippen molar-refractivity contribution in [1.82, 2.24) is 5.32 Å². The fourth-order valence-corrected chi connectivity index (χ4v) is 1.33. The van der Waals surface area contributed by atoms with Crippen LogP contribution in [-0.2, 0) is 6.54 Å². The second-order valence-electron chi connectivity index (χ2n) is 4.01. The highest BCUT2D eigenvalue weighted by Crippen LogP contribution is 2.14. The van der Waals surface area contributed by atoms with Gasteiger partial charge in [0.15, 0.2) is 0 Å². The van der Waals surface area contributed by atoms with Crippen molar-refractivity contribution in [1.29, 1.82) is 0 Å². The van der Waals surface area contributed by atoms with E-state index in [4.69, 9.17) is 9.52 Å². The van der Waals surface area contributed by atoms with Crippen molar-refractivity contribution >= 4 is 5.97 Å². The highest BCUT2D eigenvalue weighted by molar-refractivity contribution is 5.88. The molecule has 0 radical (unpaired) electrons. The van der Waals surface area contributed by atoms with Gasteiger partial charge in [-0.3, -0.25) is 0 Å². The van der Waals surface area contributed by atoms with E-state index in [1.165, 1.54) is 0 Å². The number of nitrogens with one attached hydrogen (secondary N) is 1. The van der Waals surface area contributed by atoms with Gasteiger partial charge in [0.1, 0.15) is 17.1 Å². The molecule has 0 spiro atoms. The largest absolute Gasteiger partial charge is 0.478 e. The summed E-state index contributed by atoms with van der Waals surface area (Å²) in [7, 11) is 0. The maximum Gasteiger partial charge on any atom is 0.339 e. The lowest BCUT2D eigenvalue weighted by atomic mass is 10.2. The van der Waals surface area contributed by atoms with Crippen LogP contribution >= 0.6 is 0 Å². The summed E-state index contributed by atoms with van der Waals surface area (Å²) in [4.78, 5) is 10.7. The number of aryl methyl sites for hydroxylation is 1. The highest BCUT2D eigenvalue weighted by Gasteiger charge is 2.13. The van der Waals surface area contributed by atoms with Crippen molar-refractivity contribution in [3.8, 4) is 0 Å². The molecule has 0 saturated heterocycles. The van der Waals surface area contributed by atoms with E-state index in [0.717, 1.165) is 6.54 Å². The van der Waals surface area contributed by atoms with E-state index < -0.39 is 5.97 Å². The predicted octanol–water partition coefficient (Wildman–Crippen LogP) is 2.03. The lowest BCUT2D eigenvalue weighted by molar-refractivity contribution is 0.0695. The van der Waals surface area contributed by atoms with E-state index in [-0.39, 0.29) is 5.56 Å². The van der Waals surface area contributed by atoms with Crippen LogP contribution in [-0.4, -0.2) is 17.6 Å². The minimum Gasteiger partial charge on any atom is -0.478 e. The summed E-state index contributed by atoms with van der Waals surface area (Å²) in [5.41, 5.74) is 0.247. The van der Waals surface area contributed by atoms with Gasteiger partial charge in [-0.15, -0.1) is 0 Å². The molecule has 0 fully saturated rings. The van der Waals surface area contributed by atoms with Crippen LogP contribution in [0.5, 0.6) is 0 Å². The van der Waals surface area contributed by atoms with Crippen molar-refractivity contribution in [3.05, 3.63) is 23.2 Å². The average Bonchev–Trinajstić information content (AvgIpc) is 2.46. The molecule has 0 unspecified atom stereocenters. The topological polar surface area (TPSA) is 62.5 Å². The molecule has 0 aliphatic heterocycles. The minimum absolute atomic E-state index is 0.247. The van der Waals surface area contributed by atoms with Crippen LogP contribution in [0.4, 0.5) is 0 Å². The summed E-state index contributed by atoms with van der Waals surface area (Å²) < 4.78 is 5.31. The first kappa shape index (κ1) is 11.8. The number of hydrogen-bond donors (Lipinski definition) is 2. The molecule has 0 aromatic carbocycles. The average molecular weight is 211 g/mol. The molecular weight excluding hydrogens is 194 g/mol. The number of carbonyl (C=O) groups is 1. The number of furan rings is 1. The van der Waals surface area contributed by atoms with Crippen LogP contribution in [0.25, 0.3) is 0 Å². The molecular formula is C11H17NO3. The SMILES string of the molecule is Cc1oc(CNCC(C)C)cc1C(=O)O. The van der Waals surface area contributed by atoms with Crippen molar-refractivity contribution in [2.45, 2.75) is 27.3 Å². The number of carboxylic acids is 1. The standard InChI is InChI=1S/C11H17NO3/c1-7(2)5-12-6-9-4-10(11(13)14)8(3)15-9/h4,7,12H,5-6H2,1-3H3,(H,13,14). The smallest absolute Gasteiger partial charge is 0.339 e. The van der Waals surface area contributed by atoms with E-state index in [1.54, 1.807) is 13.0 Å². The zero-order valence-electron chi connectivity index (χ0n) is 9.33. The zero-order valence-corrected chi connectivity index (χ0v) is 9.33. The van der Waals surface area contributed by atoms with Crippen LogP contribution in [0, 0.1) is 12.8 Å². The second-order valence-corrected chi connectivity index (χ2v) is 4.01. The quantitative estimate of drug-likeness (QED) is 0.782. The van der Waals surface area contributed by atoms with Crippen LogP contribution < -0.4 is 5.32 Å². The molecule has 4 nitrogen and oxygen atoms in total. The Kier molecular flexibility index (Phi) is 3.91. The Bertz CT molecular complexity index is 342. The summed E-state index contributed by atoms with van der Waals surface area (Å²) in [5, 5.41) is 12.0. The first-order chi connectivity index (χ1) is 7.00. The summed E-state index contributed by atoms with van der Waals surface area (Å²) in [6, 6.07) is 1.57. The van der Waals surface area contributed by atoms with Gasteiger partial charge in [-0.05, 0) is 25.5 Å². The van der Waals surface area contributed by atoms with E-state index in [2.05, 4.69) is 19.2 Å². The third-order valence-electron chi connectivity index (χ3n) is 2.05. The lowest BCUT2D eigenvalue weighted by Gasteiger charge is -2.04. The maximum atomic E-state index is 10.7. The number of aromatic carboxylic acids is 1. The summed E-state index contributed by atoms with van der Waals surface area (Å²) in [6.45, 7) is 7.36. The Morgan fingerprint density at radius 1 is 1.60 bits per heavy atom.